The maximum Gasteiger partial charge on any atom is 0.231 e. The summed E-state index contributed by atoms with van der Waals surface area (Å²) in [6, 6.07) is 14.2. The lowest BCUT2D eigenvalue weighted by Crippen LogP contribution is -2.39. The van der Waals surface area contributed by atoms with Crippen LogP contribution in [0.15, 0.2) is 47.5 Å². The number of fused-ring (bicyclic) bond motifs is 1. The largest absolute Gasteiger partial charge is 0.492 e. The molecule has 0 bridgehead atoms. The number of halogens is 1. The van der Waals surface area contributed by atoms with Crippen LogP contribution >= 0.6 is 24.0 Å². The molecule has 0 unspecified atom stereocenters. The summed E-state index contributed by atoms with van der Waals surface area (Å²) in [7, 11) is 1.78. The molecule has 0 radical (unpaired) electrons. The van der Waals surface area contributed by atoms with Crippen molar-refractivity contribution in [2.45, 2.75) is 13.0 Å². The summed E-state index contributed by atoms with van der Waals surface area (Å²) in [5, 5.41) is 6.75. The first-order valence-corrected chi connectivity index (χ1v) is 11.2. The monoisotopic (exact) mass is 568 g/mol. The molecule has 9 heteroatoms. The second-order valence-corrected chi connectivity index (χ2v) is 7.70. The molecule has 2 aliphatic heterocycles. The van der Waals surface area contributed by atoms with Gasteiger partial charge in [-0.25, -0.2) is 0 Å². The summed E-state index contributed by atoms with van der Waals surface area (Å²) >= 11 is 0. The number of rotatable bonds is 9. The van der Waals surface area contributed by atoms with Crippen LogP contribution in [0, 0.1) is 0 Å². The number of benzene rings is 2. The molecule has 1 saturated heterocycles. The van der Waals surface area contributed by atoms with Gasteiger partial charge in [-0.3, -0.25) is 9.89 Å². The quantitative estimate of drug-likeness (QED) is 0.274. The molecule has 0 aliphatic carbocycles. The Morgan fingerprint density at radius 3 is 2.73 bits per heavy atom. The van der Waals surface area contributed by atoms with E-state index in [0.29, 0.717) is 19.9 Å². The molecule has 2 N–H and O–H groups in total. The maximum absolute atomic E-state index is 6.08. The summed E-state index contributed by atoms with van der Waals surface area (Å²) in [5.74, 6) is 3.29. The van der Waals surface area contributed by atoms with Gasteiger partial charge in [-0.1, -0.05) is 24.3 Å². The maximum atomic E-state index is 6.08. The van der Waals surface area contributed by atoms with Gasteiger partial charge in [0.15, 0.2) is 17.5 Å². The van der Waals surface area contributed by atoms with Crippen LogP contribution in [0.5, 0.6) is 17.2 Å². The Morgan fingerprint density at radius 2 is 1.88 bits per heavy atom. The lowest BCUT2D eigenvalue weighted by molar-refractivity contribution is 0.0322. The van der Waals surface area contributed by atoms with Crippen LogP contribution in [-0.4, -0.2) is 70.7 Å². The Bertz CT molecular complexity index is 906. The van der Waals surface area contributed by atoms with E-state index in [-0.39, 0.29) is 24.0 Å². The van der Waals surface area contributed by atoms with Crippen molar-refractivity contribution in [2.24, 2.45) is 4.99 Å². The highest BCUT2D eigenvalue weighted by Gasteiger charge is 2.13. The van der Waals surface area contributed by atoms with Gasteiger partial charge in [0.1, 0.15) is 12.4 Å². The molecule has 180 valence electrons. The number of para-hydroxylation sites is 1. The molecule has 4 rings (SSSR count). The zero-order valence-corrected chi connectivity index (χ0v) is 21.4. The Kier molecular flexibility index (Phi) is 10.4. The lowest BCUT2D eigenvalue weighted by Gasteiger charge is -2.26. The van der Waals surface area contributed by atoms with Gasteiger partial charge < -0.3 is 29.6 Å². The van der Waals surface area contributed by atoms with Crippen molar-refractivity contribution in [2.75, 3.05) is 59.8 Å². The van der Waals surface area contributed by atoms with Gasteiger partial charge in [0.2, 0.25) is 6.79 Å². The van der Waals surface area contributed by atoms with Gasteiger partial charge in [-0.15, -0.1) is 24.0 Å². The fraction of sp³-hybridized carbons (Fsp3) is 0.458. The number of nitrogens with zero attached hydrogens (tertiary/aromatic N) is 2. The van der Waals surface area contributed by atoms with Gasteiger partial charge in [-0.05, 0) is 30.2 Å². The predicted octanol–water partition coefficient (Wildman–Crippen LogP) is 2.65. The van der Waals surface area contributed by atoms with Crippen LogP contribution in [0.2, 0.25) is 0 Å². The minimum Gasteiger partial charge on any atom is -0.492 e. The first-order chi connectivity index (χ1) is 15.8. The highest BCUT2D eigenvalue weighted by molar-refractivity contribution is 14.0. The predicted molar refractivity (Wildman–Crippen MR) is 139 cm³/mol. The van der Waals surface area contributed by atoms with E-state index in [2.05, 4.69) is 32.7 Å². The number of aliphatic imine (C=N–C) groups is 1. The van der Waals surface area contributed by atoms with Crippen molar-refractivity contribution in [3.05, 3.63) is 53.6 Å². The molecule has 0 atom stereocenters. The van der Waals surface area contributed by atoms with Crippen LogP contribution < -0.4 is 24.8 Å². The van der Waals surface area contributed by atoms with Crippen LogP contribution in [0.3, 0.4) is 0 Å². The Morgan fingerprint density at radius 1 is 1.06 bits per heavy atom. The number of hydrogen-bond acceptors (Lipinski definition) is 6. The summed E-state index contributed by atoms with van der Waals surface area (Å²) < 4.78 is 22.3. The number of nitrogens with one attached hydrogen (secondary N) is 2. The molecule has 2 aromatic rings. The summed E-state index contributed by atoms with van der Waals surface area (Å²) in [6.45, 7) is 6.83. The van der Waals surface area contributed by atoms with E-state index in [1.54, 1.807) is 7.05 Å². The van der Waals surface area contributed by atoms with Gasteiger partial charge in [0.05, 0.1) is 13.2 Å². The Hall–Kier alpha value is -2.24. The number of morpholine rings is 1. The first-order valence-electron chi connectivity index (χ1n) is 11.2. The molecule has 0 aromatic heterocycles. The second-order valence-electron chi connectivity index (χ2n) is 7.70. The van der Waals surface area contributed by atoms with Crippen molar-refractivity contribution in [1.29, 1.82) is 0 Å². The van der Waals surface area contributed by atoms with Crippen LogP contribution in [0.1, 0.15) is 11.1 Å². The number of ether oxygens (including phenoxy) is 4. The van der Waals surface area contributed by atoms with Gasteiger partial charge in [0, 0.05) is 45.3 Å². The highest BCUT2D eigenvalue weighted by atomic mass is 127. The molecule has 1 fully saturated rings. The molecule has 2 aliphatic rings. The van der Waals surface area contributed by atoms with E-state index < -0.39 is 0 Å². The minimum atomic E-state index is 0. The molecule has 2 heterocycles. The Labute approximate surface area is 212 Å². The summed E-state index contributed by atoms with van der Waals surface area (Å²) in [4.78, 5) is 6.71. The third-order valence-corrected chi connectivity index (χ3v) is 5.55. The topological polar surface area (TPSA) is 76.6 Å². The van der Waals surface area contributed by atoms with E-state index in [0.717, 1.165) is 74.6 Å². The van der Waals surface area contributed by atoms with Gasteiger partial charge in [0.25, 0.3) is 0 Å². The van der Waals surface area contributed by atoms with Gasteiger partial charge in [-0.2, -0.15) is 0 Å². The second kappa shape index (κ2) is 13.5. The van der Waals surface area contributed by atoms with Crippen LogP contribution in [-0.2, 0) is 17.7 Å². The van der Waals surface area contributed by atoms with Crippen molar-refractivity contribution < 1.29 is 18.9 Å². The average Bonchev–Trinajstić information content (AvgIpc) is 3.31. The molecular weight excluding hydrogens is 535 g/mol. The van der Waals surface area contributed by atoms with E-state index in [4.69, 9.17) is 18.9 Å². The zero-order chi connectivity index (χ0) is 22.0. The van der Waals surface area contributed by atoms with Gasteiger partial charge >= 0.3 is 0 Å². The van der Waals surface area contributed by atoms with E-state index >= 15 is 0 Å². The summed E-state index contributed by atoms with van der Waals surface area (Å²) in [6.07, 6.45) is 0.860. The van der Waals surface area contributed by atoms with E-state index in [1.165, 1.54) is 5.56 Å². The molecular formula is C24H33IN4O4. The SMILES string of the molecule is CN=C(NCCc1ccc2c(c1)OCO2)NCc1ccccc1OCCN1CCOCC1.I. The van der Waals surface area contributed by atoms with Crippen LogP contribution in [0.4, 0.5) is 0 Å². The third-order valence-electron chi connectivity index (χ3n) is 5.55. The molecule has 0 saturated carbocycles. The zero-order valence-electron chi connectivity index (χ0n) is 19.0. The Balaban J connectivity index is 0.00000306. The number of guanidine groups is 1. The van der Waals surface area contributed by atoms with Crippen molar-refractivity contribution in [3.8, 4) is 17.2 Å². The lowest BCUT2D eigenvalue weighted by atomic mass is 10.1. The van der Waals surface area contributed by atoms with Crippen molar-refractivity contribution >= 4 is 29.9 Å². The van der Waals surface area contributed by atoms with Crippen molar-refractivity contribution in [3.63, 3.8) is 0 Å². The van der Waals surface area contributed by atoms with Crippen LogP contribution in [0.25, 0.3) is 0 Å². The standard InChI is InChI=1S/C24H32N4O4.HI/c1-25-24(26-9-8-19-6-7-22-23(16-19)32-18-31-22)27-17-20-4-2-3-5-21(20)30-15-12-28-10-13-29-14-11-28;/h2-7,16H,8-15,17-18H2,1H3,(H2,25,26,27);1H. The van der Waals surface area contributed by atoms with E-state index in [1.807, 2.05) is 30.3 Å². The van der Waals surface area contributed by atoms with Crippen molar-refractivity contribution in [1.82, 2.24) is 15.5 Å². The van der Waals surface area contributed by atoms with E-state index in [9.17, 15) is 0 Å². The number of hydrogen-bond donors (Lipinski definition) is 2. The molecule has 0 amide bonds. The average molecular weight is 568 g/mol. The molecule has 8 nitrogen and oxygen atoms in total. The molecule has 2 aromatic carbocycles. The molecule has 0 spiro atoms. The normalized spacial score (nSPS) is 15.6. The minimum absolute atomic E-state index is 0. The summed E-state index contributed by atoms with van der Waals surface area (Å²) in [5.41, 5.74) is 2.30. The first kappa shape index (κ1) is 25.4. The highest BCUT2D eigenvalue weighted by Crippen LogP contribution is 2.32. The molecule has 33 heavy (non-hydrogen) atoms. The third kappa shape index (κ3) is 7.65. The fourth-order valence-corrected chi connectivity index (χ4v) is 3.72. The smallest absolute Gasteiger partial charge is 0.231 e. The fourth-order valence-electron chi connectivity index (χ4n) is 3.72.